The number of benzene rings is 2. The monoisotopic (exact) mass is 507 g/mol. The molecule has 2 aromatic rings. The summed E-state index contributed by atoms with van der Waals surface area (Å²) in [5, 5.41) is 0.758. The molecule has 3 nitrogen and oxygen atoms in total. The van der Waals surface area contributed by atoms with Crippen molar-refractivity contribution in [2.75, 3.05) is 26.7 Å². The maximum absolute atomic E-state index is 12.6. The standard InChI is InChI=1S/C20H24Cl2NO2.HI/c1-4-23(3,5-2)14-19(15-9-7-6-8-10-15)25-20(24)16-11-12-17(21)18(22)13-16;/h6-13,19H,4-5,14H2,1-3H3;1H/q+1;/p-1. The van der Waals surface area contributed by atoms with Crippen LogP contribution in [0.15, 0.2) is 48.5 Å². The summed E-state index contributed by atoms with van der Waals surface area (Å²) in [5.74, 6) is -0.397. The fraction of sp³-hybridized carbons (Fsp3) is 0.350. The lowest BCUT2D eigenvalue weighted by molar-refractivity contribution is -0.909. The van der Waals surface area contributed by atoms with Gasteiger partial charge in [0.2, 0.25) is 0 Å². The molecule has 1 atom stereocenters. The SMILES string of the molecule is CC[N+](C)(CC)CC(OC(=O)c1ccc(Cl)c(Cl)c1)c1ccccc1.[I-]. The summed E-state index contributed by atoms with van der Waals surface area (Å²) in [6.45, 7) is 6.93. The van der Waals surface area contributed by atoms with E-state index < -0.39 is 5.97 Å². The van der Waals surface area contributed by atoms with Crippen molar-refractivity contribution in [2.24, 2.45) is 0 Å². The highest BCUT2D eigenvalue weighted by Gasteiger charge is 2.28. The lowest BCUT2D eigenvalue weighted by Gasteiger charge is -2.35. The third-order valence-corrected chi connectivity index (χ3v) is 5.45. The number of quaternary nitrogens is 1. The van der Waals surface area contributed by atoms with Crippen LogP contribution in [0.2, 0.25) is 10.0 Å². The first-order valence-corrected chi connectivity index (χ1v) is 9.18. The van der Waals surface area contributed by atoms with Crippen molar-refractivity contribution < 1.29 is 38.0 Å². The Bertz CT molecular complexity index is 721. The number of nitrogens with zero attached hydrogens (tertiary/aromatic N) is 1. The fourth-order valence-corrected chi connectivity index (χ4v) is 2.88. The Kier molecular flexibility index (Phi) is 9.38. The number of esters is 1. The molecular weight excluding hydrogens is 484 g/mol. The third kappa shape index (κ3) is 6.12. The van der Waals surface area contributed by atoms with Crippen molar-refractivity contribution in [2.45, 2.75) is 20.0 Å². The van der Waals surface area contributed by atoms with Crippen LogP contribution in [0.4, 0.5) is 0 Å². The minimum atomic E-state index is -0.397. The van der Waals surface area contributed by atoms with Crippen LogP contribution in [-0.4, -0.2) is 37.1 Å². The average Bonchev–Trinajstić information content (AvgIpc) is 2.64. The highest BCUT2D eigenvalue weighted by atomic mass is 127. The van der Waals surface area contributed by atoms with Crippen molar-refractivity contribution >= 4 is 29.2 Å². The van der Waals surface area contributed by atoms with Gasteiger partial charge in [-0.2, -0.15) is 0 Å². The molecule has 0 aliphatic heterocycles. The molecule has 0 saturated carbocycles. The molecule has 0 spiro atoms. The molecule has 0 N–H and O–H groups in total. The quantitative estimate of drug-likeness (QED) is 0.327. The number of hydrogen-bond donors (Lipinski definition) is 0. The molecule has 6 heteroatoms. The van der Waals surface area contributed by atoms with Crippen LogP contribution in [-0.2, 0) is 4.74 Å². The molecule has 0 heterocycles. The second-order valence-electron chi connectivity index (χ2n) is 6.37. The van der Waals surface area contributed by atoms with Gasteiger partial charge in [-0.3, -0.25) is 0 Å². The predicted molar refractivity (Wildman–Crippen MR) is 103 cm³/mol. The third-order valence-electron chi connectivity index (χ3n) is 4.71. The Morgan fingerprint density at radius 1 is 1.04 bits per heavy atom. The number of carbonyl (C=O) groups excluding carboxylic acids is 1. The van der Waals surface area contributed by atoms with Crippen LogP contribution >= 0.6 is 23.2 Å². The zero-order valence-electron chi connectivity index (χ0n) is 15.2. The Balaban J connectivity index is 0.00000338. The molecule has 0 aliphatic rings. The number of halogens is 3. The fourth-order valence-electron chi connectivity index (χ4n) is 2.58. The molecule has 2 aromatic carbocycles. The highest BCUT2D eigenvalue weighted by molar-refractivity contribution is 6.42. The van der Waals surface area contributed by atoms with Gasteiger partial charge in [-0.15, -0.1) is 0 Å². The van der Waals surface area contributed by atoms with Gasteiger partial charge in [0.1, 0.15) is 6.54 Å². The van der Waals surface area contributed by atoms with Crippen molar-refractivity contribution in [3.05, 3.63) is 69.7 Å². The van der Waals surface area contributed by atoms with E-state index in [1.165, 1.54) is 0 Å². The Hall–Kier alpha value is -0.820. The molecule has 1 unspecified atom stereocenters. The largest absolute Gasteiger partial charge is 1.00 e. The van der Waals surface area contributed by atoms with E-state index in [9.17, 15) is 4.79 Å². The number of hydrogen-bond acceptors (Lipinski definition) is 2. The van der Waals surface area contributed by atoms with E-state index in [-0.39, 0.29) is 30.1 Å². The summed E-state index contributed by atoms with van der Waals surface area (Å²) in [6.07, 6.45) is -0.326. The van der Waals surface area contributed by atoms with Crippen molar-refractivity contribution in [1.82, 2.24) is 0 Å². The normalized spacial score (nSPS) is 12.2. The molecule has 0 aromatic heterocycles. The zero-order valence-corrected chi connectivity index (χ0v) is 18.9. The van der Waals surface area contributed by atoms with Gasteiger partial charge in [0.05, 0.1) is 35.7 Å². The lowest BCUT2D eigenvalue weighted by Crippen LogP contribution is -3.00. The van der Waals surface area contributed by atoms with Gasteiger partial charge < -0.3 is 33.2 Å². The summed E-state index contributed by atoms with van der Waals surface area (Å²) in [7, 11) is 2.17. The first kappa shape index (κ1) is 23.2. The summed E-state index contributed by atoms with van der Waals surface area (Å²) < 4.78 is 6.67. The number of rotatable bonds is 7. The van der Waals surface area contributed by atoms with Crippen LogP contribution in [0.25, 0.3) is 0 Å². The lowest BCUT2D eigenvalue weighted by atomic mass is 10.1. The van der Waals surface area contributed by atoms with E-state index >= 15 is 0 Å². The Labute approximate surface area is 182 Å². The zero-order chi connectivity index (χ0) is 18.4. The van der Waals surface area contributed by atoms with Crippen LogP contribution < -0.4 is 24.0 Å². The summed E-state index contributed by atoms with van der Waals surface area (Å²) >= 11 is 11.9. The molecule has 0 aliphatic carbocycles. The van der Waals surface area contributed by atoms with Crippen LogP contribution in [0.1, 0.15) is 35.9 Å². The maximum Gasteiger partial charge on any atom is 0.339 e. The molecule has 0 amide bonds. The minimum absolute atomic E-state index is 0. The van der Waals surface area contributed by atoms with Gasteiger partial charge in [0.15, 0.2) is 6.10 Å². The van der Waals surface area contributed by atoms with Crippen molar-refractivity contribution in [3.63, 3.8) is 0 Å². The van der Waals surface area contributed by atoms with E-state index in [1.807, 2.05) is 30.3 Å². The molecule has 0 fully saturated rings. The maximum atomic E-state index is 12.6. The van der Waals surface area contributed by atoms with E-state index in [0.29, 0.717) is 22.2 Å². The summed E-state index contributed by atoms with van der Waals surface area (Å²) in [4.78, 5) is 12.6. The van der Waals surface area contributed by atoms with Crippen molar-refractivity contribution in [3.8, 4) is 0 Å². The molecule has 2 rings (SSSR count). The molecule has 0 bridgehead atoms. The Morgan fingerprint density at radius 2 is 1.65 bits per heavy atom. The van der Waals surface area contributed by atoms with Gasteiger partial charge >= 0.3 is 5.97 Å². The first-order valence-electron chi connectivity index (χ1n) is 8.43. The highest BCUT2D eigenvalue weighted by Crippen LogP contribution is 2.26. The topological polar surface area (TPSA) is 26.3 Å². The van der Waals surface area contributed by atoms with Crippen molar-refractivity contribution in [1.29, 1.82) is 0 Å². The second kappa shape index (κ2) is 10.5. The molecule has 0 radical (unpaired) electrons. The molecular formula is C20H24Cl2INO2. The summed E-state index contributed by atoms with van der Waals surface area (Å²) in [6, 6.07) is 14.6. The average molecular weight is 508 g/mol. The molecule has 0 saturated heterocycles. The summed E-state index contributed by atoms with van der Waals surface area (Å²) in [5.41, 5.74) is 1.39. The van der Waals surface area contributed by atoms with Gasteiger partial charge in [0.25, 0.3) is 0 Å². The smallest absolute Gasteiger partial charge is 0.339 e. The van der Waals surface area contributed by atoms with Gasteiger partial charge in [-0.25, -0.2) is 4.79 Å². The van der Waals surface area contributed by atoms with E-state index in [4.69, 9.17) is 27.9 Å². The van der Waals surface area contributed by atoms with Crippen LogP contribution in [0.3, 0.4) is 0 Å². The van der Waals surface area contributed by atoms with Gasteiger partial charge in [-0.1, -0.05) is 53.5 Å². The van der Waals surface area contributed by atoms with E-state index in [2.05, 4.69) is 20.9 Å². The van der Waals surface area contributed by atoms with E-state index in [1.54, 1.807) is 18.2 Å². The van der Waals surface area contributed by atoms with E-state index in [0.717, 1.165) is 23.1 Å². The number of ether oxygens (including phenoxy) is 1. The van der Waals surface area contributed by atoms with Crippen LogP contribution in [0, 0.1) is 0 Å². The van der Waals surface area contributed by atoms with Crippen LogP contribution in [0.5, 0.6) is 0 Å². The number of likely N-dealkylation sites (N-methyl/N-ethyl adjacent to an activating group) is 1. The second-order valence-corrected chi connectivity index (χ2v) is 7.18. The minimum Gasteiger partial charge on any atom is -1.00 e. The predicted octanol–water partition coefficient (Wildman–Crippen LogP) is 2.38. The van der Waals surface area contributed by atoms with Gasteiger partial charge in [0, 0.05) is 0 Å². The Morgan fingerprint density at radius 3 is 2.19 bits per heavy atom. The number of carbonyl (C=O) groups is 1. The first-order chi connectivity index (χ1) is 11.9. The van der Waals surface area contributed by atoms with Gasteiger partial charge in [-0.05, 0) is 37.6 Å². The molecule has 26 heavy (non-hydrogen) atoms. The molecule has 142 valence electrons.